The van der Waals surface area contributed by atoms with E-state index in [1.54, 1.807) is 0 Å². The van der Waals surface area contributed by atoms with E-state index < -0.39 is 10.7 Å². The second-order valence-electron chi connectivity index (χ2n) is 3.94. The van der Waals surface area contributed by atoms with E-state index in [1.807, 2.05) is 0 Å². The third kappa shape index (κ3) is 2.71. The molecule has 0 saturated heterocycles. The normalized spacial score (nSPS) is 11.6. The van der Waals surface area contributed by atoms with Crippen molar-refractivity contribution in [3.63, 3.8) is 0 Å². The second kappa shape index (κ2) is 5.34. The van der Waals surface area contributed by atoms with Crippen molar-refractivity contribution in [3.05, 3.63) is 57.7 Å². The van der Waals surface area contributed by atoms with Crippen LogP contribution < -0.4 is 5.73 Å². The van der Waals surface area contributed by atoms with Crippen LogP contribution in [0.15, 0.2) is 35.7 Å². The monoisotopic (exact) mass is 279 g/mol. The van der Waals surface area contributed by atoms with Gasteiger partial charge in [-0.2, -0.15) is 5.10 Å². The Kier molecular flexibility index (Phi) is 3.60. The summed E-state index contributed by atoms with van der Waals surface area (Å²) in [5, 5.41) is 25.9. The zero-order valence-corrected chi connectivity index (χ0v) is 10.1. The molecule has 8 nitrogen and oxygen atoms in total. The summed E-state index contributed by atoms with van der Waals surface area (Å²) in [6.45, 7) is 0.125. The fourth-order valence-corrected chi connectivity index (χ4v) is 1.69. The summed E-state index contributed by atoms with van der Waals surface area (Å²) >= 11 is 0. The van der Waals surface area contributed by atoms with E-state index in [9.17, 15) is 14.5 Å². The van der Waals surface area contributed by atoms with Gasteiger partial charge in [0.2, 0.25) is 0 Å². The summed E-state index contributed by atoms with van der Waals surface area (Å²) in [4.78, 5) is 9.99. The van der Waals surface area contributed by atoms with Gasteiger partial charge in [-0.1, -0.05) is 11.2 Å². The van der Waals surface area contributed by atoms with Gasteiger partial charge in [0.05, 0.1) is 11.5 Å². The van der Waals surface area contributed by atoms with Crippen molar-refractivity contribution in [3.8, 4) is 0 Å². The molecule has 0 atom stereocenters. The lowest BCUT2D eigenvalue weighted by Crippen LogP contribution is -2.17. The molecule has 2 rings (SSSR count). The molecule has 3 N–H and O–H groups in total. The minimum absolute atomic E-state index is 0.125. The number of halogens is 1. The van der Waals surface area contributed by atoms with Crippen molar-refractivity contribution in [1.82, 2.24) is 9.78 Å². The molecule has 0 bridgehead atoms. The molecule has 0 aliphatic rings. The van der Waals surface area contributed by atoms with Crippen molar-refractivity contribution < 1.29 is 14.5 Å². The zero-order chi connectivity index (χ0) is 14.7. The Morgan fingerprint density at radius 2 is 2.35 bits per heavy atom. The molecular weight excluding hydrogens is 269 g/mol. The Morgan fingerprint density at radius 1 is 1.60 bits per heavy atom. The van der Waals surface area contributed by atoms with E-state index in [-0.39, 0.29) is 23.6 Å². The van der Waals surface area contributed by atoms with Gasteiger partial charge in [0.15, 0.2) is 5.84 Å². The van der Waals surface area contributed by atoms with Crippen molar-refractivity contribution in [1.29, 1.82) is 0 Å². The Hall–Kier alpha value is -2.97. The predicted molar refractivity (Wildman–Crippen MR) is 66.9 cm³/mol. The number of amidine groups is 1. The number of nitro groups is 1. The first kappa shape index (κ1) is 13.5. The van der Waals surface area contributed by atoms with Crippen LogP contribution in [0, 0.1) is 15.9 Å². The molecular formula is C11H10FN5O3. The number of benzene rings is 1. The van der Waals surface area contributed by atoms with E-state index in [1.165, 1.54) is 23.0 Å². The molecule has 2 aromatic rings. The first-order chi connectivity index (χ1) is 9.51. The topological polar surface area (TPSA) is 120 Å². The molecule has 1 heterocycles. The lowest BCUT2D eigenvalue weighted by Gasteiger charge is -2.08. The average Bonchev–Trinajstić information content (AvgIpc) is 2.88. The fraction of sp³-hybridized carbons (Fsp3) is 0.0909. The molecule has 0 radical (unpaired) electrons. The van der Waals surface area contributed by atoms with Crippen molar-refractivity contribution >= 4 is 11.5 Å². The highest BCUT2D eigenvalue weighted by atomic mass is 19.1. The average molecular weight is 279 g/mol. The summed E-state index contributed by atoms with van der Waals surface area (Å²) in [6.07, 6.45) is 2.34. The van der Waals surface area contributed by atoms with Gasteiger partial charge in [-0.3, -0.25) is 14.8 Å². The second-order valence-corrected chi connectivity index (χ2v) is 3.94. The Bertz CT molecular complexity index is 682. The highest BCUT2D eigenvalue weighted by molar-refractivity contribution is 5.98. The highest BCUT2D eigenvalue weighted by Gasteiger charge is 2.12. The molecule has 0 unspecified atom stereocenters. The molecule has 9 heteroatoms. The van der Waals surface area contributed by atoms with Crippen LogP contribution in [-0.4, -0.2) is 25.7 Å². The fourth-order valence-electron chi connectivity index (χ4n) is 1.69. The van der Waals surface area contributed by atoms with Crippen molar-refractivity contribution in [2.75, 3.05) is 0 Å². The molecule has 0 amide bonds. The Labute approximate surface area is 112 Å². The quantitative estimate of drug-likeness (QED) is 0.285. The van der Waals surface area contributed by atoms with Crippen LogP contribution in [0.5, 0.6) is 0 Å². The van der Waals surface area contributed by atoms with Gasteiger partial charge in [0.1, 0.15) is 18.2 Å². The van der Waals surface area contributed by atoms with Crippen LogP contribution >= 0.6 is 0 Å². The minimum Gasteiger partial charge on any atom is -0.409 e. The highest BCUT2D eigenvalue weighted by Crippen LogP contribution is 2.15. The van der Waals surface area contributed by atoms with Gasteiger partial charge in [0, 0.05) is 5.56 Å². The number of oxime groups is 1. The zero-order valence-electron chi connectivity index (χ0n) is 10.1. The van der Waals surface area contributed by atoms with Crippen LogP contribution in [0.3, 0.4) is 0 Å². The lowest BCUT2D eigenvalue weighted by molar-refractivity contribution is -0.385. The van der Waals surface area contributed by atoms with E-state index in [0.717, 1.165) is 12.3 Å². The standard InChI is InChI=1S/C11H10FN5O3/c12-8-2-1-7(10(3-8)11(13)15-18)5-16-6-9(4-14-16)17(19)20/h1-4,6,18H,5H2,(H2,13,15). The number of hydrogen-bond donors (Lipinski definition) is 2. The third-order valence-corrected chi connectivity index (χ3v) is 2.62. The number of nitrogens with zero attached hydrogens (tertiary/aromatic N) is 4. The SMILES string of the molecule is N/C(=N/O)c1cc(F)ccc1Cn1cc([N+](=O)[O-])cn1. The molecule has 1 aromatic heterocycles. The van der Waals surface area contributed by atoms with Crippen LogP contribution in [0.4, 0.5) is 10.1 Å². The van der Waals surface area contributed by atoms with Crippen LogP contribution in [0.25, 0.3) is 0 Å². The van der Waals surface area contributed by atoms with Gasteiger partial charge < -0.3 is 10.9 Å². The molecule has 1 aromatic carbocycles. The Morgan fingerprint density at radius 3 is 2.95 bits per heavy atom. The summed E-state index contributed by atoms with van der Waals surface area (Å²) < 4.78 is 14.5. The van der Waals surface area contributed by atoms with Gasteiger partial charge in [-0.05, 0) is 17.7 Å². The van der Waals surface area contributed by atoms with E-state index in [0.29, 0.717) is 5.56 Å². The maximum atomic E-state index is 13.2. The number of nitrogens with two attached hydrogens (primary N) is 1. The number of aromatic nitrogens is 2. The van der Waals surface area contributed by atoms with Crippen molar-refractivity contribution in [2.24, 2.45) is 10.9 Å². The molecule has 0 saturated carbocycles. The van der Waals surface area contributed by atoms with Crippen LogP contribution in [-0.2, 0) is 6.54 Å². The third-order valence-electron chi connectivity index (χ3n) is 2.62. The van der Waals surface area contributed by atoms with E-state index >= 15 is 0 Å². The van der Waals surface area contributed by atoms with Gasteiger partial charge in [-0.15, -0.1) is 0 Å². The largest absolute Gasteiger partial charge is 0.409 e. The summed E-state index contributed by atoms with van der Waals surface area (Å²) in [5.74, 6) is -0.789. The first-order valence-corrected chi connectivity index (χ1v) is 5.44. The van der Waals surface area contributed by atoms with Crippen LogP contribution in [0.2, 0.25) is 0 Å². The maximum absolute atomic E-state index is 13.2. The van der Waals surface area contributed by atoms with Crippen molar-refractivity contribution in [2.45, 2.75) is 6.54 Å². The summed E-state index contributed by atoms with van der Waals surface area (Å²) in [7, 11) is 0. The molecule has 20 heavy (non-hydrogen) atoms. The van der Waals surface area contributed by atoms with Crippen LogP contribution in [0.1, 0.15) is 11.1 Å². The van der Waals surface area contributed by atoms with Gasteiger partial charge >= 0.3 is 5.69 Å². The number of rotatable bonds is 4. The Balaban J connectivity index is 2.35. The first-order valence-electron chi connectivity index (χ1n) is 5.44. The van der Waals surface area contributed by atoms with E-state index in [4.69, 9.17) is 10.9 Å². The smallest absolute Gasteiger partial charge is 0.307 e. The molecule has 0 spiro atoms. The predicted octanol–water partition coefficient (Wildman–Crippen LogP) is 1.07. The molecule has 104 valence electrons. The molecule has 0 aliphatic carbocycles. The molecule has 0 aliphatic heterocycles. The van der Waals surface area contributed by atoms with Gasteiger partial charge in [-0.25, -0.2) is 4.39 Å². The maximum Gasteiger partial charge on any atom is 0.307 e. The van der Waals surface area contributed by atoms with Gasteiger partial charge in [0.25, 0.3) is 0 Å². The minimum atomic E-state index is -0.571. The summed E-state index contributed by atoms with van der Waals surface area (Å²) in [5.41, 5.74) is 6.02. The van der Waals surface area contributed by atoms with E-state index in [2.05, 4.69) is 10.3 Å². The molecule has 0 fully saturated rings. The lowest BCUT2D eigenvalue weighted by atomic mass is 10.1. The summed E-state index contributed by atoms with van der Waals surface area (Å²) in [6, 6.07) is 3.76. The number of hydrogen-bond acceptors (Lipinski definition) is 5.